The van der Waals surface area contributed by atoms with Gasteiger partial charge < -0.3 is 15.1 Å². The molecule has 1 amide bonds. The summed E-state index contributed by atoms with van der Waals surface area (Å²) in [6.07, 6.45) is 3.97. The van der Waals surface area contributed by atoms with E-state index >= 15 is 0 Å². The van der Waals surface area contributed by atoms with Gasteiger partial charge in [-0.1, -0.05) is 11.8 Å². The number of anilines is 2. The minimum Gasteiger partial charge on any atom is -0.356 e. The number of nitrogens with one attached hydrogen (secondary N) is 1. The number of ketones is 1. The van der Waals surface area contributed by atoms with E-state index in [1.807, 2.05) is 36.1 Å². The van der Waals surface area contributed by atoms with E-state index in [0.717, 1.165) is 34.9 Å². The monoisotopic (exact) mass is 357 g/mol. The lowest BCUT2D eigenvalue weighted by molar-refractivity contribution is -0.117. The lowest BCUT2D eigenvalue weighted by atomic mass is 10.2. The average Bonchev–Trinajstić information content (AvgIpc) is 3.24. The van der Waals surface area contributed by atoms with Crippen LogP contribution in [-0.4, -0.2) is 34.7 Å². The molecule has 1 N–H and O–H groups in total. The van der Waals surface area contributed by atoms with E-state index in [2.05, 4.69) is 10.2 Å². The van der Waals surface area contributed by atoms with Gasteiger partial charge in [0.25, 0.3) is 0 Å². The van der Waals surface area contributed by atoms with Crippen LogP contribution >= 0.6 is 11.8 Å². The number of allylic oxidation sites excluding steroid dienone is 2. The van der Waals surface area contributed by atoms with Gasteiger partial charge in [-0.15, -0.1) is 0 Å². The number of rotatable bonds is 5. The van der Waals surface area contributed by atoms with Crippen molar-refractivity contribution >= 4 is 34.8 Å². The highest BCUT2D eigenvalue weighted by molar-refractivity contribution is 8.04. The van der Waals surface area contributed by atoms with Crippen LogP contribution in [0.3, 0.4) is 0 Å². The summed E-state index contributed by atoms with van der Waals surface area (Å²) in [6, 6.07) is 8.59. The minimum absolute atomic E-state index is 0.0608. The van der Waals surface area contributed by atoms with E-state index in [4.69, 9.17) is 0 Å². The summed E-state index contributed by atoms with van der Waals surface area (Å²) in [7, 11) is 0. The Morgan fingerprint density at radius 1 is 1.24 bits per heavy atom. The van der Waals surface area contributed by atoms with Gasteiger partial charge in [0.15, 0.2) is 11.3 Å². The largest absolute Gasteiger partial charge is 0.356 e. The Labute approximate surface area is 152 Å². The van der Waals surface area contributed by atoms with Crippen molar-refractivity contribution in [1.29, 1.82) is 0 Å². The Bertz CT molecular complexity index is 740. The molecule has 2 aliphatic heterocycles. The molecule has 3 aliphatic rings. The van der Waals surface area contributed by atoms with Crippen LogP contribution in [0.1, 0.15) is 39.5 Å². The highest BCUT2D eigenvalue weighted by Crippen LogP contribution is 2.45. The molecule has 1 atom stereocenters. The zero-order chi connectivity index (χ0) is 17.6. The number of Topliss-reactive ketones (excluding diaryl/α,β-unsaturated/α-hetero) is 1. The van der Waals surface area contributed by atoms with Gasteiger partial charge in [-0.25, -0.2) is 0 Å². The lowest BCUT2D eigenvalue weighted by Gasteiger charge is -2.29. The third-order valence-electron chi connectivity index (χ3n) is 5.00. The number of hydrogen-bond donors (Lipinski definition) is 1. The molecule has 1 aromatic carbocycles. The zero-order valence-electron chi connectivity index (χ0n) is 14.6. The molecular formula is C19H23N3O2S. The summed E-state index contributed by atoms with van der Waals surface area (Å²) in [6.45, 7) is 4.50. The molecule has 5 nitrogen and oxygen atoms in total. The smallest absolute Gasteiger partial charge is 0.227 e. The molecule has 1 saturated heterocycles. The first-order valence-electron chi connectivity index (χ1n) is 8.88. The molecule has 25 heavy (non-hydrogen) atoms. The SMILES string of the molecule is CC(=O)C1=C(C)N(C2CC2)C(Nc2ccc(N3CCCC3=O)cc2)S1. The quantitative estimate of drug-likeness (QED) is 0.873. The summed E-state index contributed by atoms with van der Waals surface area (Å²) in [5.41, 5.74) is 3.13. The van der Waals surface area contributed by atoms with E-state index in [1.54, 1.807) is 18.7 Å². The fourth-order valence-electron chi connectivity index (χ4n) is 3.60. The summed E-state index contributed by atoms with van der Waals surface area (Å²) in [5.74, 6) is 0.346. The van der Waals surface area contributed by atoms with Crippen molar-refractivity contribution in [3.05, 3.63) is 34.9 Å². The van der Waals surface area contributed by atoms with Crippen molar-refractivity contribution in [3.63, 3.8) is 0 Å². The van der Waals surface area contributed by atoms with Crippen LogP contribution in [0.5, 0.6) is 0 Å². The van der Waals surface area contributed by atoms with Crippen molar-refractivity contribution < 1.29 is 9.59 Å². The molecule has 0 radical (unpaired) electrons. The summed E-state index contributed by atoms with van der Waals surface area (Å²) in [5, 5.41) is 3.55. The Morgan fingerprint density at radius 3 is 2.52 bits per heavy atom. The van der Waals surface area contributed by atoms with Gasteiger partial charge in [-0.3, -0.25) is 9.59 Å². The maximum atomic E-state index is 11.9. The molecule has 0 bridgehead atoms. The van der Waals surface area contributed by atoms with E-state index in [0.29, 0.717) is 12.5 Å². The Hall–Kier alpha value is -1.95. The van der Waals surface area contributed by atoms with Crippen LogP contribution in [0.4, 0.5) is 11.4 Å². The van der Waals surface area contributed by atoms with Crippen LogP contribution in [0, 0.1) is 0 Å². The molecule has 4 rings (SSSR count). The maximum absolute atomic E-state index is 11.9. The second kappa shape index (κ2) is 6.41. The first-order valence-corrected chi connectivity index (χ1v) is 9.76. The molecule has 132 valence electrons. The summed E-state index contributed by atoms with van der Waals surface area (Å²) < 4.78 is 0. The average molecular weight is 357 g/mol. The van der Waals surface area contributed by atoms with Gasteiger partial charge in [0.05, 0.1) is 4.91 Å². The van der Waals surface area contributed by atoms with Crippen LogP contribution in [0.2, 0.25) is 0 Å². The number of hydrogen-bond acceptors (Lipinski definition) is 5. The lowest BCUT2D eigenvalue weighted by Crippen LogP contribution is -2.35. The van der Waals surface area contributed by atoms with E-state index in [1.165, 1.54) is 12.8 Å². The Balaban J connectivity index is 1.48. The van der Waals surface area contributed by atoms with Crippen LogP contribution < -0.4 is 10.2 Å². The van der Waals surface area contributed by atoms with Gasteiger partial charge in [0.1, 0.15) is 0 Å². The van der Waals surface area contributed by atoms with E-state index in [-0.39, 0.29) is 17.2 Å². The molecule has 2 fully saturated rings. The molecule has 0 spiro atoms. The fraction of sp³-hybridized carbons (Fsp3) is 0.474. The molecule has 1 saturated carbocycles. The first kappa shape index (κ1) is 16.5. The number of thioether (sulfide) groups is 1. The van der Waals surface area contributed by atoms with Crippen LogP contribution in [-0.2, 0) is 9.59 Å². The Morgan fingerprint density at radius 2 is 1.96 bits per heavy atom. The number of carbonyl (C=O) groups is 2. The second-order valence-electron chi connectivity index (χ2n) is 6.92. The van der Waals surface area contributed by atoms with Crippen molar-refractivity contribution in [2.75, 3.05) is 16.8 Å². The topological polar surface area (TPSA) is 52.7 Å². The number of amides is 1. The van der Waals surface area contributed by atoms with Gasteiger partial charge >= 0.3 is 0 Å². The molecule has 0 aromatic heterocycles. The molecule has 6 heteroatoms. The third kappa shape index (κ3) is 3.15. The standard InChI is InChI=1S/C19H23N3O2S/c1-12-18(13(2)23)25-19(22(12)16-9-10-16)20-14-5-7-15(8-6-14)21-11-3-4-17(21)24/h5-8,16,19-20H,3-4,9-11H2,1-2H3. The summed E-state index contributed by atoms with van der Waals surface area (Å²) >= 11 is 1.61. The van der Waals surface area contributed by atoms with Crippen molar-refractivity contribution in [2.24, 2.45) is 0 Å². The fourth-order valence-corrected chi connectivity index (χ4v) is 4.91. The molecular weight excluding hydrogens is 334 g/mol. The number of nitrogens with zero attached hydrogens (tertiary/aromatic N) is 2. The molecule has 2 heterocycles. The van der Waals surface area contributed by atoms with Gasteiger partial charge in [-0.2, -0.15) is 0 Å². The Kier molecular flexibility index (Phi) is 4.23. The van der Waals surface area contributed by atoms with Crippen LogP contribution in [0.15, 0.2) is 34.9 Å². The summed E-state index contributed by atoms with van der Waals surface area (Å²) in [4.78, 5) is 28.8. The maximum Gasteiger partial charge on any atom is 0.227 e. The number of carbonyl (C=O) groups excluding carboxylic acids is 2. The number of benzene rings is 1. The van der Waals surface area contributed by atoms with Gasteiger partial charge in [0, 0.05) is 36.1 Å². The van der Waals surface area contributed by atoms with Gasteiger partial charge in [-0.05, 0) is 57.4 Å². The second-order valence-corrected chi connectivity index (χ2v) is 8.01. The van der Waals surface area contributed by atoms with Crippen molar-refractivity contribution in [2.45, 2.75) is 51.1 Å². The zero-order valence-corrected chi connectivity index (χ0v) is 15.4. The van der Waals surface area contributed by atoms with E-state index in [9.17, 15) is 9.59 Å². The first-order chi connectivity index (χ1) is 12.0. The molecule has 1 aromatic rings. The normalized spacial score (nSPS) is 23.6. The molecule has 1 unspecified atom stereocenters. The molecule has 1 aliphatic carbocycles. The predicted octanol–water partition coefficient (Wildman–Crippen LogP) is 3.54. The van der Waals surface area contributed by atoms with Crippen molar-refractivity contribution in [3.8, 4) is 0 Å². The minimum atomic E-state index is 0.0608. The highest BCUT2D eigenvalue weighted by Gasteiger charge is 2.41. The van der Waals surface area contributed by atoms with Crippen molar-refractivity contribution in [1.82, 2.24) is 4.90 Å². The highest BCUT2D eigenvalue weighted by atomic mass is 32.2. The third-order valence-corrected chi connectivity index (χ3v) is 6.39. The van der Waals surface area contributed by atoms with Crippen LogP contribution in [0.25, 0.3) is 0 Å². The van der Waals surface area contributed by atoms with Gasteiger partial charge in [0.2, 0.25) is 5.91 Å². The predicted molar refractivity (Wildman–Crippen MR) is 101 cm³/mol. The van der Waals surface area contributed by atoms with E-state index < -0.39 is 0 Å².